The van der Waals surface area contributed by atoms with Gasteiger partial charge in [0.1, 0.15) is 11.5 Å². The van der Waals surface area contributed by atoms with Crippen LogP contribution >= 0.6 is 0 Å². The van der Waals surface area contributed by atoms with Crippen molar-refractivity contribution in [1.29, 1.82) is 0 Å². The monoisotopic (exact) mass is 295 g/mol. The normalized spacial score (nSPS) is 13.4. The van der Waals surface area contributed by atoms with Gasteiger partial charge in [0.05, 0.1) is 0 Å². The minimum Gasteiger partial charge on any atom is -0.611 e. The van der Waals surface area contributed by atoms with Gasteiger partial charge in [0, 0.05) is 12.5 Å². The van der Waals surface area contributed by atoms with Crippen LogP contribution in [0.4, 0.5) is 13.2 Å². The number of halogens is 3. The Morgan fingerprint density at radius 2 is 2.00 bits per heavy atom. The first-order chi connectivity index (χ1) is 8.85. The van der Waals surface area contributed by atoms with Crippen molar-refractivity contribution in [1.82, 2.24) is 0 Å². The van der Waals surface area contributed by atoms with Gasteiger partial charge in [0.2, 0.25) is 0 Å². The molecule has 0 aliphatic rings. The zero-order valence-electron chi connectivity index (χ0n) is 10.5. The van der Waals surface area contributed by atoms with Crippen LogP contribution in [-0.4, -0.2) is 23.2 Å². The highest BCUT2D eigenvalue weighted by Gasteiger charge is 2.31. The van der Waals surface area contributed by atoms with Crippen molar-refractivity contribution in [3.05, 3.63) is 23.8 Å². The third-order valence-electron chi connectivity index (χ3n) is 2.38. The summed E-state index contributed by atoms with van der Waals surface area (Å²) < 4.78 is 52.4. The lowest BCUT2D eigenvalue weighted by molar-refractivity contribution is -0.274. The molecule has 0 heterocycles. The van der Waals surface area contributed by atoms with Gasteiger partial charge >= 0.3 is 6.36 Å². The number of aryl methyl sites for hydroxylation is 1. The number of ether oxygens (including phenoxy) is 1. The Labute approximate surface area is 113 Å². The van der Waals surface area contributed by atoms with E-state index >= 15 is 0 Å². The van der Waals surface area contributed by atoms with Gasteiger partial charge in [0.25, 0.3) is 0 Å². The molecule has 1 aromatic rings. The molecule has 0 aliphatic carbocycles. The quantitative estimate of drug-likeness (QED) is 0.821. The standard InChI is InChI=1S/C12H16F3NO2S/c1-2-9-6-10(18-12(13,14)15)8-11(7-9)19(17)5-3-4-16/h6-8H,2-5,16H2,1H3. The van der Waals surface area contributed by atoms with Crippen LogP contribution in [0.2, 0.25) is 0 Å². The molecule has 0 aromatic heterocycles. The number of benzene rings is 1. The second-order valence-corrected chi connectivity index (χ2v) is 5.48. The van der Waals surface area contributed by atoms with Gasteiger partial charge in [-0.15, -0.1) is 13.2 Å². The molecular weight excluding hydrogens is 279 g/mol. The smallest absolute Gasteiger partial charge is 0.573 e. The van der Waals surface area contributed by atoms with E-state index in [0.717, 1.165) is 0 Å². The molecular formula is C12H16F3NO2S. The van der Waals surface area contributed by atoms with Crippen molar-refractivity contribution >= 4 is 11.2 Å². The summed E-state index contributed by atoms with van der Waals surface area (Å²) >= 11 is -1.36. The van der Waals surface area contributed by atoms with Crippen molar-refractivity contribution in [2.24, 2.45) is 5.73 Å². The van der Waals surface area contributed by atoms with Gasteiger partial charge in [-0.25, -0.2) is 0 Å². The molecule has 7 heteroatoms. The number of alkyl halides is 3. The Morgan fingerprint density at radius 3 is 2.53 bits per heavy atom. The fraction of sp³-hybridized carbons (Fsp3) is 0.500. The highest BCUT2D eigenvalue weighted by Crippen LogP contribution is 2.27. The molecule has 0 saturated heterocycles. The molecule has 0 aliphatic heterocycles. The summed E-state index contributed by atoms with van der Waals surface area (Å²) in [5.41, 5.74) is 5.97. The summed E-state index contributed by atoms with van der Waals surface area (Å²) in [4.78, 5) is 0.340. The first-order valence-electron chi connectivity index (χ1n) is 5.84. The summed E-state index contributed by atoms with van der Waals surface area (Å²) in [6.45, 7) is 2.20. The van der Waals surface area contributed by atoms with Crippen LogP contribution in [0.25, 0.3) is 0 Å². The lowest BCUT2D eigenvalue weighted by atomic mass is 10.2. The molecule has 0 amide bonds. The lowest BCUT2D eigenvalue weighted by Gasteiger charge is -2.14. The molecule has 1 rings (SSSR count). The van der Waals surface area contributed by atoms with Crippen LogP contribution < -0.4 is 10.5 Å². The van der Waals surface area contributed by atoms with Crippen LogP contribution in [0.1, 0.15) is 18.9 Å². The lowest BCUT2D eigenvalue weighted by Crippen LogP contribution is -2.18. The Balaban J connectivity index is 2.94. The van der Waals surface area contributed by atoms with Crippen molar-refractivity contribution in [3.8, 4) is 5.75 Å². The van der Waals surface area contributed by atoms with Gasteiger partial charge < -0.3 is 15.0 Å². The zero-order valence-corrected chi connectivity index (χ0v) is 11.3. The van der Waals surface area contributed by atoms with Crippen LogP contribution in [0.3, 0.4) is 0 Å². The number of hydrogen-bond acceptors (Lipinski definition) is 3. The summed E-state index contributed by atoms with van der Waals surface area (Å²) in [6, 6.07) is 4.10. The number of rotatable bonds is 6. The maximum Gasteiger partial charge on any atom is 0.573 e. The summed E-state index contributed by atoms with van der Waals surface area (Å²) in [6.07, 6.45) is -3.66. The van der Waals surface area contributed by atoms with E-state index in [1.807, 2.05) is 0 Å². The van der Waals surface area contributed by atoms with Crippen molar-refractivity contribution < 1.29 is 22.5 Å². The maximum atomic E-state index is 12.2. The van der Waals surface area contributed by atoms with Crippen LogP contribution in [0, 0.1) is 0 Å². The molecule has 2 N–H and O–H groups in total. The average molecular weight is 295 g/mol. The predicted molar refractivity (Wildman–Crippen MR) is 67.4 cm³/mol. The molecule has 1 aromatic carbocycles. The molecule has 19 heavy (non-hydrogen) atoms. The minimum absolute atomic E-state index is 0.328. The molecule has 0 spiro atoms. The fourth-order valence-electron chi connectivity index (χ4n) is 1.49. The van der Waals surface area contributed by atoms with Crippen LogP contribution in [-0.2, 0) is 17.6 Å². The highest BCUT2D eigenvalue weighted by molar-refractivity contribution is 7.91. The maximum absolute atomic E-state index is 12.2. The summed E-state index contributed by atoms with van der Waals surface area (Å²) in [7, 11) is 0. The van der Waals surface area contributed by atoms with Gasteiger partial charge in [-0.1, -0.05) is 6.92 Å². The zero-order chi connectivity index (χ0) is 14.5. The average Bonchev–Trinajstić information content (AvgIpc) is 2.33. The Morgan fingerprint density at radius 1 is 1.32 bits per heavy atom. The van der Waals surface area contributed by atoms with E-state index in [1.165, 1.54) is 12.1 Å². The van der Waals surface area contributed by atoms with Crippen molar-refractivity contribution in [2.45, 2.75) is 31.0 Å². The third-order valence-corrected chi connectivity index (χ3v) is 3.80. The van der Waals surface area contributed by atoms with Gasteiger partial charge in [-0.2, -0.15) is 0 Å². The van der Waals surface area contributed by atoms with E-state index < -0.39 is 17.5 Å². The van der Waals surface area contributed by atoms with Gasteiger partial charge in [-0.3, -0.25) is 0 Å². The van der Waals surface area contributed by atoms with Gasteiger partial charge in [-0.05, 0) is 41.8 Å². The topological polar surface area (TPSA) is 58.3 Å². The second-order valence-electron chi connectivity index (χ2n) is 3.91. The SMILES string of the molecule is CCc1cc(OC(F)(F)F)cc([S+]([O-])CCCN)c1. The molecule has 0 fully saturated rings. The van der Waals surface area contributed by atoms with E-state index in [2.05, 4.69) is 4.74 Å². The molecule has 0 radical (unpaired) electrons. The molecule has 108 valence electrons. The number of hydrogen-bond donors (Lipinski definition) is 1. The molecule has 3 nitrogen and oxygen atoms in total. The van der Waals surface area contributed by atoms with E-state index in [0.29, 0.717) is 35.6 Å². The van der Waals surface area contributed by atoms with E-state index in [9.17, 15) is 17.7 Å². The predicted octanol–water partition coefficient (Wildman–Crippen LogP) is 2.60. The van der Waals surface area contributed by atoms with E-state index in [-0.39, 0.29) is 5.75 Å². The summed E-state index contributed by atoms with van der Waals surface area (Å²) in [5.74, 6) is -0.00211. The van der Waals surface area contributed by atoms with Crippen LogP contribution in [0.5, 0.6) is 5.75 Å². The molecule has 1 unspecified atom stereocenters. The molecule has 0 bridgehead atoms. The third kappa shape index (κ3) is 5.71. The Kier molecular flexibility index (Phi) is 5.96. The van der Waals surface area contributed by atoms with Gasteiger partial charge in [0.15, 0.2) is 4.90 Å². The first kappa shape index (κ1) is 16.1. The Bertz CT molecular complexity index is 412. The Hall–Kier alpha value is -0.920. The highest BCUT2D eigenvalue weighted by atomic mass is 32.2. The van der Waals surface area contributed by atoms with Crippen LogP contribution in [0.15, 0.2) is 23.1 Å². The van der Waals surface area contributed by atoms with Crippen molar-refractivity contribution in [3.63, 3.8) is 0 Å². The molecule has 0 saturated carbocycles. The largest absolute Gasteiger partial charge is 0.611 e. The first-order valence-corrected chi connectivity index (χ1v) is 7.15. The fourth-order valence-corrected chi connectivity index (χ4v) is 2.69. The number of nitrogens with two attached hydrogens (primary N) is 1. The van der Waals surface area contributed by atoms with E-state index in [1.54, 1.807) is 13.0 Å². The summed E-state index contributed by atoms with van der Waals surface area (Å²) in [5, 5.41) is 0. The molecule has 1 atom stereocenters. The van der Waals surface area contributed by atoms with E-state index in [4.69, 9.17) is 5.73 Å². The second kappa shape index (κ2) is 7.02. The minimum atomic E-state index is -4.75. The van der Waals surface area contributed by atoms with Crippen molar-refractivity contribution in [2.75, 3.05) is 12.3 Å².